The van der Waals surface area contributed by atoms with E-state index in [1.165, 1.54) is 34.6 Å². The number of rotatable bonds is 21. The van der Waals surface area contributed by atoms with E-state index in [9.17, 15) is 28.8 Å². The molecule has 3 rings (SSSR count). The Balaban J connectivity index is -0.000000495. The van der Waals surface area contributed by atoms with Crippen molar-refractivity contribution in [2.24, 2.45) is 67.9 Å². The summed E-state index contributed by atoms with van der Waals surface area (Å²) in [6.07, 6.45) is 0.941. The summed E-state index contributed by atoms with van der Waals surface area (Å²) in [6, 6.07) is 20.3. The second-order valence-corrected chi connectivity index (χ2v) is 16.0. The zero-order chi connectivity index (χ0) is 54.5. The van der Waals surface area contributed by atoms with Crippen LogP contribution in [0.15, 0.2) is 82.8 Å². The van der Waals surface area contributed by atoms with Crippen molar-refractivity contribution in [2.75, 3.05) is 6.54 Å². The maximum Gasteiger partial charge on any atom is 0.224 e. The van der Waals surface area contributed by atoms with Gasteiger partial charge in [-0.3, -0.25) is 30.2 Å². The topological polar surface area (TPSA) is 381 Å². The Hall–Kier alpha value is -7.28. The second-order valence-electron chi connectivity index (χ2n) is 16.0. The summed E-state index contributed by atoms with van der Waals surface area (Å²) in [5.74, 6) is -2.71. The number of carbonyl (C=O) groups is 6. The fraction of sp³-hybridized carbons (Fsp3) is 0.472. The van der Waals surface area contributed by atoms with Gasteiger partial charge in [0.05, 0.1) is 11.7 Å². The highest BCUT2D eigenvalue weighted by Crippen LogP contribution is 2.21. The molecule has 0 saturated heterocycles. The van der Waals surface area contributed by atoms with E-state index in [0.717, 1.165) is 22.3 Å². The highest BCUT2D eigenvalue weighted by Gasteiger charge is 2.32. The summed E-state index contributed by atoms with van der Waals surface area (Å²) in [5.41, 5.74) is 42.4. The Kier molecular flexibility index (Phi) is 43.6. The van der Waals surface area contributed by atoms with Crippen LogP contribution in [0.2, 0.25) is 0 Å². The third kappa shape index (κ3) is 36.7. The highest BCUT2D eigenvalue weighted by atomic mass is 16.2. The Morgan fingerprint density at radius 1 is 0.597 bits per heavy atom. The fourth-order valence-corrected chi connectivity index (χ4v) is 5.83. The van der Waals surface area contributed by atoms with Crippen LogP contribution in [0.1, 0.15) is 145 Å². The molecule has 0 heterocycles. The Morgan fingerprint density at radius 3 is 1.40 bits per heavy atom. The van der Waals surface area contributed by atoms with Crippen LogP contribution in [0, 0.1) is 28.6 Å². The van der Waals surface area contributed by atoms with Crippen molar-refractivity contribution >= 4 is 64.2 Å². The van der Waals surface area contributed by atoms with Gasteiger partial charge in [-0.2, -0.15) is 0 Å². The van der Waals surface area contributed by atoms with Crippen molar-refractivity contribution < 1.29 is 28.8 Å². The van der Waals surface area contributed by atoms with Gasteiger partial charge >= 0.3 is 0 Å². The number of nitrogens with zero attached hydrogens (tertiary/aromatic N) is 2. The molecule has 72 heavy (non-hydrogen) atoms. The minimum Gasteiger partial charge on any atom is -0.384 e. The zero-order valence-corrected chi connectivity index (χ0v) is 43.3. The number of hydrogen-bond donors (Lipinski definition) is 11. The standard InChI is InChI=1S/C33H48N10O4.C8H11N3.2C3H6O.2C2H6.2CH4/c1-19(2)28(43-31(47)24(15-20(3)44)5-4-14-40-32(36)37)27(45)17-25(16-21-8-12-26(13-9-21)42-33(38)39)30(46)41-18-22-6-10-23(11-7-22)29(34)35;9-5-6-1-3-7(4-2-6)8(10)11;2*1-3(2)4;2*1-2;;/h6-13,19,24-25,28H,4-5,14-18H2,1-3H3,(H3,34,35)(H,41,46)(H,43,47)(H4,36,37,40)(H4,38,39,42);1-4H,5,9H2,(H3,10,11);2*1-2H3;2*1-2H3;2*1H4/t24-,25-,28+;;;;;;;/m1......./s1. The lowest BCUT2D eigenvalue weighted by Gasteiger charge is -2.26. The largest absolute Gasteiger partial charge is 0.384 e. The van der Waals surface area contributed by atoms with E-state index >= 15 is 0 Å². The first kappa shape index (κ1) is 73.7. The maximum atomic E-state index is 13.8. The number of amides is 2. The van der Waals surface area contributed by atoms with Gasteiger partial charge in [0, 0.05) is 55.4 Å². The van der Waals surface area contributed by atoms with Crippen molar-refractivity contribution in [3.05, 3.63) is 101 Å². The molecule has 19 nitrogen and oxygen atoms in total. The molecule has 0 aliphatic carbocycles. The van der Waals surface area contributed by atoms with Crippen LogP contribution in [-0.4, -0.2) is 71.1 Å². The molecule has 0 unspecified atom stereocenters. The van der Waals surface area contributed by atoms with Crippen LogP contribution in [0.4, 0.5) is 5.69 Å². The van der Waals surface area contributed by atoms with Crippen LogP contribution < -0.4 is 50.8 Å². The van der Waals surface area contributed by atoms with Gasteiger partial charge in [0.15, 0.2) is 17.7 Å². The molecular formula is C53H91N13O6. The number of nitrogens with two attached hydrogens (primary N) is 7. The van der Waals surface area contributed by atoms with Gasteiger partial charge in [-0.1, -0.05) is 117 Å². The Bertz CT molecular complexity index is 2090. The monoisotopic (exact) mass is 1010 g/mol. The number of Topliss-reactive ketones (excluding diaryl/α,β-unsaturated/α-hetero) is 4. The zero-order valence-electron chi connectivity index (χ0n) is 43.3. The molecule has 0 aliphatic rings. The molecule has 19 heteroatoms. The van der Waals surface area contributed by atoms with Gasteiger partial charge in [0.2, 0.25) is 11.8 Å². The van der Waals surface area contributed by atoms with Gasteiger partial charge in [-0.15, -0.1) is 0 Å². The quantitative estimate of drug-likeness (QED) is 0.0330. The molecule has 2 amide bonds. The SMILES string of the molecule is C.C.CC.CC.CC(=O)C[C@@H](CCCN=C(N)N)C(=O)N[C@H](C(=O)C[C@@H](Cc1ccc(N=C(N)N)cc1)C(=O)NCc1ccc(C(=N)N)cc1)C(C)C.CC(C)=O.CC(C)=O.N=C(N)c1ccc(CN)cc1. The van der Waals surface area contributed by atoms with Crippen LogP contribution in [0.25, 0.3) is 0 Å². The van der Waals surface area contributed by atoms with Gasteiger partial charge in [0.25, 0.3) is 0 Å². The van der Waals surface area contributed by atoms with E-state index in [1.807, 2.05) is 53.7 Å². The third-order valence-electron chi connectivity index (χ3n) is 8.95. The third-order valence-corrected chi connectivity index (χ3v) is 8.95. The van der Waals surface area contributed by atoms with Gasteiger partial charge in [0.1, 0.15) is 29.0 Å². The molecule has 18 N–H and O–H groups in total. The molecule has 404 valence electrons. The molecule has 0 saturated carbocycles. The summed E-state index contributed by atoms with van der Waals surface area (Å²) in [5, 5.41) is 20.4. The molecule has 0 aromatic heterocycles. The van der Waals surface area contributed by atoms with Crippen LogP contribution in [-0.2, 0) is 48.3 Å². The van der Waals surface area contributed by atoms with E-state index < -0.39 is 23.8 Å². The summed E-state index contributed by atoms with van der Waals surface area (Å²) >= 11 is 0. The smallest absolute Gasteiger partial charge is 0.224 e. The second kappa shape index (κ2) is 42.6. The normalized spacial score (nSPS) is 10.6. The number of ketones is 4. The molecule has 0 aliphatic heterocycles. The van der Waals surface area contributed by atoms with Gasteiger partial charge < -0.3 is 65.2 Å². The number of guanidine groups is 2. The summed E-state index contributed by atoms with van der Waals surface area (Å²) in [4.78, 5) is 79.4. The number of amidine groups is 2. The average Bonchev–Trinajstić information content (AvgIpc) is 3.29. The number of nitrogen functional groups attached to an aromatic ring is 2. The summed E-state index contributed by atoms with van der Waals surface area (Å²) in [6.45, 7) is 20.2. The Labute approximate surface area is 430 Å². The Morgan fingerprint density at radius 2 is 1.03 bits per heavy atom. The van der Waals surface area contributed by atoms with E-state index in [0.29, 0.717) is 37.2 Å². The van der Waals surface area contributed by atoms with Gasteiger partial charge in [-0.05, 0) is 88.6 Å². The fourth-order valence-electron chi connectivity index (χ4n) is 5.83. The molecule has 3 atom stereocenters. The average molecular weight is 1010 g/mol. The lowest BCUT2D eigenvalue weighted by molar-refractivity contribution is -0.134. The first-order valence-corrected chi connectivity index (χ1v) is 23.2. The lowest BCUT2D eigenvalue weighted by Crippen LogP contribution is -2.48. The number of carbonyl (C=O) groups excluding carboxylic acids is 6. The summed E-state index contributed by atoms with van der Waals surface area (Å²) < 4.78 is 0. The maximum absolute atomic E-state index is 13.8. The molecule has 3 aromatic carbocycles. The predicted molar refractivity (Wildman–Crippen MR) is 298 cm³/mol. The summed E-state index contributed by atoms with van der Waals surface area (Å²) in [7, 11) is 0. The van der Waals surface area contributed by atoms with E-state index in [-0.39, 0.29) is 99.2 Å². The minimum absolute atomic E-state index is 0. The van der Waals surface area contributed by atoms with E-state index in [4.69, 9.17) is 51.0 Å². The first-order chi connectivity index (χ1) is 32.9. The van der Waals surface area contributed by atoms with Crippen LogP contribution in [0.3, 0.4) is 0 Å². The van der Waals surface area contributed by atoms with Crippen molar-refractivity contribution in [3.8, 4) is 0 Å². The first-order valence-electron chi connectivity index (χ1n) is 23.2. The molecular weight excluding hydrogens is 915 g/mol. The predicted octanol–water partition coefficient (Wildman–Crippen LogP) is 6.04. The number of benzene rings is 3. The van der Waals surface area contributed by atoms with Crippen molar-refractivity contribution in [3.63, 3.8) is 0 Å². The molecule has 0 radical (unpaired) electrons. The number of aliphatic imine (C=N–C) groups is 2. The van der Waals surface area contributed by atoms with E-state index in [1.54, 1.807) is 60.7 Å². The minimum atomic E-state index is -0.881. The number of hydrogen-bond acceptors (Lipinski definition) is 11. The number of nitrogens with one attached hydrogen (secondary N) is 4. The van der Waals surface area contributed by atoms with Crippen LogP contribution in [0.5, 0.6) is 0 Å². The van der Waals surface area contributed by atoms with Crippen molar-refractivity contribution in [1.82, 2.24) is 10.6 Å². The molecule has 0 fully saturated rings. The van der Waals surface area contributed by atoms with E-state index in [2.05, 4.69) is 20.6 Å². The molecule has 0 spiro atoms. The van der Waals surface area contributed by atoms with Gasteiger partial charge in [-0.25, -0.2) is 4.99 Å². The van der Waals surface area contributed by atoms with Crippen LogP contribution >= 0.6 is 0 Å². The molecule has 0 bridgehead atoms. The lowest BCUT2D eigenvalue weighted by atomic mass is 9.87. The highest BCUT2D eigenvalue weighted by molar-refractivity contribution is 5.96. The van der Waals surface area contributed by atoms with Crippen molar-refractivity contribution in [2.45, 2.75) is 142 Å². The van der Waals surface area contributed by atoms with Crippen molar-refractivity contribution in [1.29, 1.82) is 10.8 Å². The molecule has 3 aromatic rings.